The maximum absolute atomic E-state index is 5.25. The van der Waals surface area contributed by atoms with Crippen molar-refractivity contribution in [2.45, 2.75) is 0 Å². The second-order valence-corrected chi connectivity index (χ2v) is 3.71. The molecular formula is C13H11N3O. The molecule has 0 aliphatic heterocycles. The monoisotopic (exact) mass is 225 g/mol. The number of H-pyrrole nitrogens is 1. The highest BCUT2D eigenvalue weighted by molar-refractivity contribution is 5.85. The number of nitrogens with one attached hydrogen (secondary N) is 1. The molecule has 84 valence electrons. The van der Waals surface area contributed by atoms with Gasteiger partial charge >= 0.3 is 0 Å². The number of fused-ring (bicyclic) bond motifs is 1. The zero-order chi connectivity index (χ0) is 11.7. The molecule has 17 heavy (non-hydrogen) atoms. The molecule has 0 atom stereocenters. The minimum atomic E-state index is 0.618. The van der Waals surface area contributed by atoms with Crippen LogP contribution in [0.3, 0.4) is 0 Å². The predicted molar refractivity (Wildman–Crippen MR) is 65.9 cm³/mol. The first-order valence-corrected chi connectivity index (χ1v) is 5.30. The quantitative estimate of drug-likeness (QED) is 0.729. The molecule has 0 fully saturated rings. The average Bonchev–Trinajstić information content (AvgIpc) is 2.82. The van der Waals surface area contributed by atoms with Crippen molar-refractivity contribution in [3.63, 3.8) is 0 Å². The van der Waals surface area contributed by atoms with Gasteiger partial charge in [0.1, 0.15) is 0 Å². The number of pyridine rings is 2. The zero-order valence-corrected chi connectivity index (χ0v) is 9.34. The van der Waals surface area contributed by atoms with Gasteiger partial charge in [0.25, 0.3) is 0 Å². The van der Waals surface area contributed by atoms with Crippen molar-refractivity contribution in [1.82, 2.24) is 15.0 Å². The summed E-state index contributed by atoms with van der Waals surface area (Å²) in [6, 6.07) is 7.86. The normalized spacial score (nSPS) is 10.6. The summed E-state index contributed by atoms with van der Waals surface area (Å²) in [4.78, 5) is 11.6. The summed E-state index contributed by atoms with van der Waals surface area (Å²) >= 11 is 0. The minimum Gasteiger partial charge on any atom is -0.481 e. The second-order valence-electron chi connectivity index (χ2n) is 3.71. The Morgan fingerprint density at radius 2 is 2.18 bits per heavy atom. The summed E-state index contributed by atoms with van der Waals surface area (Å²) in [6.07, 6.45) is 5.31. The molecule has 0 saturated carbocycles. The van der Waals surface area contributed by atoms with Gasteiger partial charge in [0.2, 0.25) is 5.88 Å². The molecule has 0 saturated heterocycles. The van der Waals surface area contributed by atoms with Crippen LogP contribution in [-0.2, 0) is 0 Å². The third-order valence-electron chi connectivity index (χ3n) is 2.68. The van der Waals surface area contributed by atoms with E-state index in [0.717, 1.165) is 22.2 Å². The van der Waals surface area contributed by atoms with E-state index in [-0.39, 0.29) is 0 Å². The Kier molecular flexibility index (Phi) is 2.26. The molecule has 0 radical (unpaired) electrons. The highest BCUT2D eigenvalue weighted by Gasteiger charge is 2.08. The molecule has 1 N–H and O–H groups in total. The molecule has 3 heterocycles. The number of methoxy groups -OCH3 is 1. The molecule has 0 bridgehead atoms. The molecule has 0 amide bonds. The van der Waals surface area contributed by atoms with E-state index in [1.165, 1.54) is 0 Å². The van der Waals surface area contributed by atoms with Crippen LogP contribution in [0.1, 0.15) is 0 Å². The molecular weight excluding hydrogens is 214 g/mol. The highest BCUT2D eigenvalue weighted by Crippen LogP contribution is 2.29. The lowest BCUT2D eigenvalue weighted by molar-refractivity contribution is 0.399. The molecule has 3 aromatic rings. The van der Waals surface area contributed by atoms with Gasteiger partial charge in [0.05, 0.1) is 18.4 Å². The Bertz CT molecular complexity index is 627. The van der Waals surface area contributed by atoms with Crippen molar-refractivity contribution < 1.29 is 4.74 Å². The van der Waals surface area contributed by atoms with Gasteiger partial charge in [-0.25, -0.2) is 4.98 Å². The number of ether oxygens (including phenoxy) is 1. The molecule has 4 nitrogen and oxygen atoms in total. The second kappa shape index (κ2) is 3.90. The van der Waals surface area contributed by atoms with Crippen LogP contribution in [0.4, 0.5) is 0 Å². The van der Waals surface area contributed by atoms with Crippen LogP contribution in [0.2, 0.25) is 0 Å². The van der Waals surface area contributed by atoms with Crippen LogP contribution >= 0.6 is 0 Å². The van der Waals surface area contributed by atoms with E-state index in [9.17, 15) is 0 Å². The van der Waals surface area contributed by atoms with Crippen LogP contribution in [0.15, 0.2) is 42.9 Å². The summed E-state index contributed by atoms with van der Waals surface area (Å²) in [6.45, 7) is 0. The standard InChI is InChI=1S/C13H11N3O/c1-17-13-10(3-2-5-15-13)12-7-9-8-14-6-4-11(9)16-12/h2-8,16H,1H3. The van der Waals surface area contributed by atoms with E-state index in [2.05, 4.69) is 15.0 Å². The van der Waals surface area contributed by atoms with E-state index >= 15 is 0 Å². The van der Waals surface area contributed by atoms with Gasteiger partial charge in [-0.15, -0.1) is 0 Å². The lowest BCUT2D eigenvalue weighted by Gasteiger charge is -2.04. The Morgan fingerprint density at radius 3 is 3.00 bits per heavy atom. The van der Waals surface area contributed by atoms with Gasteiger partial charge in [0.15, 0.2) is 0 Å². The van der Waals surface area contributed by atoms with Gasteiger partial charge in [-0.1, -0.05) is 0 Å². The van der Waals surface area contributed by atoms with Gasteiger partial charge in [-0.3, -0.25) is 4.98 Å². The number of hydrogen-bond donors (Lipinski definition) is 1. The summed E-state index contributed by atoms with van der Waals surface area (Å²) in [5.41, 5.74) is 2.99. The molecule has 0 unspecified atom stereocenters. The maximum Gasteiger partial charge on any atom is 0.222 e. The molecule has 0 aliphatic rings. The third kappa shape index (κ3) is 1.63. The Labute approximate surface area is 98.3 Å². The minimum absolute atomic E-state index is 0.618. The molecule has 3 rings (SSSR count). The highest BCUT2D eigenvalue weighted by atomic mass is 16.5. The smallest absolute Gasteiger partial charge is 0.222 e. The van der Waals surface area contributed by atoms with E-state index < -0.39 is 0 Å². The lowest BCUT2D eigenvalue weighted by Crippen LogP contribution is -1.90. The Morgan fingerprint density at radius 1 is 1.24 bits per heavy atom. The van der Waals surface area contributed by atoms with Crippen LogP contribution < -0.4 is 4.74 Å². The van der Waals surface area contributed by atoms with Crippen molar-refractivity contribution in [3.05, 3.63) is 42.9 Å². The summed E-state index contributed by atoms with van der Waals surface area (Å²) < 4.78 is 5.25. The van der Waals surface area contributed by atoms with Gasteiger partial charge < -0.3 is 9.72 Å². The van der Waals surface area contributed by atoms with E-state index in [0.29, 0.717) is 5.88 Å². The van der Waals surface area contributed by atoms with E-state index in [4.69, 9.17) is 4.74 Å². The number of rotatable bonds is 2. The lowest BCUT2D eigenvalue weighted by atomic mass is 10.2. The summed E-state index contributed by atoms with van der Waals surface area (Å²) in [5, 5.41) is 1.08. The zero-order valence-electron chi connectivity index (χ0n) is 9.34. The SMILES string of the molecule is COc1ncccc1-c1cc2cnccc2[nH]1. The predicted octanol–water partition coefficient (Wildman–Crippen LogP) is 2.63. The van der Waals surface area contributed by atoms with Gasteiger partial charge in [-0.2, -0.15) is 0 Å². The number of hydrogen-bond acceptors (Lipinski definition) is 3. The fraction of sp³-hybridized carbons (Fsp3) is 0.0769. The van der Waals surface area contributed by atoms with E-state index in [1.807, 2.05) is 30.5 Å². The van der Waals surface area contributed by atoms with Crippen LogP contribution in [-0.4, -0.2) is 22.1 Å². The fourth-order valence-corrected chi connectivity index (χ4v) is 1.88. The van der Waals surface area contributed by atoms with Crippen molar-refractivity contribution in [1.29, 1.82) is 0 Å². The van der Waals surface area contributed by atoms with Gasteiger partial charge in [0, 0.05) is 29.5 Å². The Balaban J connectivity index is 2.20. The van der Waals surface area contributed by atoms with Crippen molar-refractivity contribution in [3.8, 4) is 17.1 Å². The number of aromatic amines is 1. The van der Waals surface area contributed by atoms with Crippen molar-refractivity contribution in [2.24, 2.45) is 0 Å². The van der Waals surface area contributed by atoms with Crippen LogP contribution in [0.25, 0.3) is 22.2 Å². The first-order valence-electron chi connectivity index (χ1n) is 5.30. The van der Waals surface area contributed by atoms with Gasteiger partial charge in [-0.05, 0) is 24.3 Å². The molecule has 0 spiro atoms. The first-order chi connectivity index (χ1) is 8.38. The maximum atomic E-state index is 5.25. The van der Waals surface area contributed by atoms with E-state index in [1.54, 1.807) is 19.5 Å². The molecule has 4 heteroatoms. The Hall–Kier alpha value is -2.36. The first kappa shape index (κ1) is 9.84. The molecule has 3 aromatic heterocycles. The summed E-state index contributed by atoms with van der Waals surface area (Å²) in [5.74, 6) is 0.618. The summed E-state index contributed by atoms with van der Waals surface area (Å²) in [7, 11) is 1.62. The van der Waals surface area contributed by atoms with Crippen molar-refractivity contribution >= 4 is 10.9 Å². The fourth-order valence-electron chi connectivity index (χ4n) is 1.88. The van der Waals surface area contributed by atoms with Crippen LogP contribution in [0, 0.1) is 0 Å². The molecule has 0 aromatic carbocycles. The largest absolute Gasteiger partial charge is 0.481 e. The topological polar surface area (TPSA) is 50.8 Å². The van der Waals surface area contributed by atoms with Crippen LogP contribution in [0.5, 0.6) is 5.88 Å². The third-order valence-corrected chi connectivity index (χ3v) is 2.68. The number of aromatic nitrogens is 3. The average molecular weight is 225 g/mol. The molecule has 0 aliphatic carbocycles. The van der Waals surface area contributed by atoms with Crippen molar-refractivity contribution in [2.75, 3.05) is 7.11 Å². The number of nitrogens with zero attached hydrogens (tertiary/aromatic N) is 2.